The number of phenolic OH excluding ortho intramolecular Hbond substituents is 1. The van der Waals surface area contributed by atoms with E-state index in [2.05, 4.69) is 0 Å². The second kappa shape index (κ2) is 4.80. The third kappa shape index (κ3) is 2.34. The summed E-state index contributed by atoms with van der Waals surface area (Å²) in [7, 11) is 1.68. The molecule has 0 aliphatic heterocycles. The van der Waals surface area contributed by atoms with E-state index in [1.165, 1.54) is 4.90 Å². The summed E-state index contributed by atoms with van der Waals surface area (Å²) in [6.45, 7) is 5.49. The summed E-state index contributed by atoms with van der Waals surface area (Å²) >= 11 is 0. The van der Waals surface area contributed by atoms with Crippen molar-refractivity contribution >= 4 is 11.6 Å². The van der Waals surface area contributed by atoms with Crippen molar-refractivity contribution in [2.45, 2.75) is 20.8 Å². The zero-order chi connectivity index (χ0) is 14.2. The van der Waals surface area contributed by atoms with E-state index < -0.39 is 0 Å². The van der Waals surface area contributed by atoms with Crippen LogP contribution in [0.3, 0.4) is 0 Å². The fraction of sp³-hybridized carbons (Fsp3) is 0.267. The van der Waals surface area contributed by atoms with Gasteiger partial charge in [-0.05, 0) is 32.9 Å². The lowest BCUT2D eigenvalue weighted by Gasteiger charge is -2.17. The molecule has 0 fully saturated rings. The lowest BCUT2D eigenvalue weighted by atomic mass is 10.1. The molecule has 0 aliphatic rings. The molecule has 0 saturated heterocycles. The Bertz CT molecular complexity index is 628. The van der Waals surface area contributed by atoms with Crippen LogP contribution in [0.25, 0.3) is 0 Å². The van der Waals surface area contributed by atoms with E-state index in [0.29, 0.717) is 17.0 Å². The number of phenols is 1. The Morgan fingerprint density at radius 3 is 2.42 bits per heavy atom. The van der Waals surface area contributed by atoms with Crippen molar-refractivity contribution in [1.82, 2.24) is 0 Å². The van der Waals surface area contributed by atoms with Crippen LogP contribution >= 0.6 is 0 Å². The molecule has 2 rings (SSSR count). The van der Waals surface area contributed by atoms with Gasteiger partial charge in [-0.2, -0.15) is 0 Å². The molecule has 0 saturated carbocycles. The van der Waals surface area contributed by atoms with Crippen molar-refractivity contribution in [1.29, 1.82) is 0 Å². The van der Waals surface area contributed by atoms with Gasteiger partial charge in [0.1, 0.15) is 17.3 Å². The fourth-order valence-electron chi connectivity index (χ4n) is 2.09. The molecule has 4 heteroatoms. The van der Waals surface area contributed by atoms with E-state index in [0.717, 1.165) is 11.3 Å². The number of carbonyl (C=O) groups excluding carboxylic acids is 1. The van der Waals surface area contributed by atoms with Crippen molar-refractivity contribution < 1.29 is 14.3 Å². The van der Waals surface area contributed by atoms with Crippen LogP contribution < -0.4 is 4.90 Å². The molecule has 1 N–H and O–H groups in total. The SMILES string of the molecule is Cc1oc(C)c(C(=O)N(C)c2cccc(O)c2)c1C. The highest BCUT2D eigenvalue weighted by Gasteiger charge is 2.22. The van der Waals surface area contributed by atoms with E-state index in [4.69, 9.17) is 4.42 Å². The summed E-state index contributed by atoms with van der Waals surface area (Å²) in [5, 5.41) is 9.47. The Hall–Kier alpha value is -2.23. The monoisotopic (exact) mass is 259 g/mol. The minimum atomic E-state index is -0.141. The molecule has 19 heavy (non-hydrogen) atoms. The molecule has 0 radical (unpaired) electrons. The maximum Gasteiger partial charge on any atom is 0.261 e. The number of amides is 1. The van der Waals surface area contributed by atoms with E-state index in [9.17, 15) is 9.90 Å². The number of aryl methyl sites for hydroxylation is 2. The quantitative estimate of drug-likeness (QED) is 0.901. The molecule has 0 aliphatic carbocycles. The summed E-state index contributed by atoms with van der Waals surface area (Å²) in [6.07, 6.45) is 0. The van der Waals surface area contributed by atoms with E-state index in [1.54, 1.807) is 38.2 Å². The molecular formula is C15H17NO3. The predicted molar refractivity (Wildman–Crippen MR) is 73.8 cm³/mol. The van der Waals surface area contributed by atoms with Gasteiger partial charge in [-0.1, -0.05) is 6.07 Å². The number of rotatable bonds is 2. The Balaban J connectivity index is 2.39. The first-order chi connectivity index (χ1) is 8.91. The van der Waals surface area contributed by atoms with Gasteiger partial charge in [0.05, 0.1) is 5.56 Å². The molecule has 4 nitrogen and oxygen atoms in total. The topological polar surface area (TPSA) is 53.7 Å². The van der Waals surface area contributed by atoms with Gasteiger partial charge in [0.15, 0.2) is 0 Å². The summed E-state index contributed by atoms with van der Waals surface area (Å²) in [5.74, 6) is 1.36. The molecule has 1 amide bonds. The van der Waals surface area contributed by atoms with Gasteiger partial charge in [-0.15, -0.1) is 0 Å². The van der Waals surface area contributed by atoms with Crippen molar-refractivity contribution in [2.75, 3.05) is 11.9 Å². The lowest BCUT2D eigenvalue weighted by molar-refractivity contribution is 0.0991. The predicted octanol–water partition coefficient (Wildman–Crippen LogP) is 3.19. The average Bonchev–Trinajstić information content (AvgIpc) is 2.61. The number of furan rings is 1. The number of anilines is 1. The number of aromatic hydroxyl groups is 1. The first-order valence-corrected chi connectivity index (χ1v) is 6.05. The normalized spacial score (nSPS) is 10.5. The third-order valence-electron chi connectivity index (χ3n) is 3.30. The maximum atomic E-state index is 12.5. The molecule has 100 valence electrons. The molecular weight excluding hydrogens is 242 g/mol. The van der Waals surface area contributed by atoms with E-state index in [1.807, 2.05) is 13.8 Å². The molecule has 2 aromatic rings. The number of carbonyl (C=O) groups is 1. The molecule has 0 unspecified atom stereocenters. The Morgan fingerprint density at radius 1 is 1.21 bits per heavy atom. The Kier molecular flexibility index (Phi) is 3.34. The van der Waals surface area contributed by atoms with Crippen molar-refractivity contribution in [3.63, 3.8) is 0 Å². The van der Waals surface area contributed by atoms with Gasteiger partial charge in [0.2, 0.25) is 0 Å². The number of benzene rings is 1. The molecule has 0 bridgehead atoms. The molecule has 1 aromatic heterocycles. The highest BCUT2D eigenvalue weighted by molar-refractivity contribution is 6.07. The first kappa shape index (κ1) is 13.2. The molecule has 1 aromatic carbocycles. The zero-order valence-corrected chi connectivity index (χ0v) is 11.5. The number of hydrogen-bond acceptors (Lipinski definition) is 3. The number of nitrogens with zero attached hydrogens (tertiary/aromatic N) is 1. The van der Waals surface area contributed by atoms with Gasteiger partial charge in [0.25, 0.3) is 5.91 Å². The van der Waals surface area contributed by atoms with Crippen LogP contribution in [-0.4, -0.2) is 18.1 Å². The van der Waals surface area contributed by atoms with Crippen LogP contribution in [0.2, 0.25) is 0 Å². The fourth-order valence-corrected chi connectivity index (χ4v) is 2.09. The van der Waals surface area contributed by atoms with Crippen molar-refractivity contribution in [2.24, 2.45) is 0 Å². The summed E-state index contributed by atoms with van der Waals surface area (Å²) in [6, 6.07) is 6.60. The maximum absolute atomic E-state index is 12.5. The van der Waals surface area contributed by atoms with Crippen LogP contribution in [0.15, 0.2) is 28.7 Å². The van der Waals surface area contributed by atoms with Crippen LogP contribution in [0.1, 0.15) is 27.4 Å². The molecule has 0 spiro atoms. The summed E-state index contributed by atoms with van der Waals surface area (Å²) in [5.41, 5.74) is 2.08. The van der Waals surface area contributed by atoms with Crippen molar-refractivity contribution in [3.05, 3.63) is 46.9 Å². The lowest BCUT2D eigenvalue weighted by Crippen LogP contribution is -2.27. The van der Waals surface area contributed by atoms with E-state index >= 15 is 0 Å². The van der Waals surface area contributed by atoms with E-state index in [-0.39, 0.29) is 11.7 Å². The summed E-state index contributed by atoms with van der Waals surface area (Å²) < 4.78 is 5.48. The summed E-state index contributed by atoms with van der Waals surface area (Å²) in [4.78, 5) is 14.0. The molecule has 1 heterocycles. The van der Waals surface area contributed by atoms with Crippen LogP contribution in [0.5, 0.6) is 5.75 Å². The van der Waals surface area contributed by atoms with Crippen LogP contribution in [0.4, 0.5) is 5.69 Å². The van der Waals surface area contributed by atoms with Gasteiger partial charge in [-0.25, -0.2) is 0 Å². The smallest absolute Gasteiger partial charge is 0.261 e. The van der Waals surface area contributed by atoms with Crippen LogP contribution in [-0.2, 0) is 0 Å². The minimum Gasteiger partial charge on any atom is -0.508 e. The average molecular weight is 259 g/mol. The Morgan fingerprint density at radius 2 is 1.89 bits per heavy atom. The third-order valence-corrected chi connectivity index (χ3v) is 3.30. The standard InChI is InChI=1S/C15H17NO3/c1-9-10(2)19-11(3)14(9)15(18)16(4)12-6-5-7-13(17)8-12/h5-8,17H,1-4H3. The Labute approximate surface area is 112 Å². The van der Waals surface area contributed by atoms with Gasteiger partial charge in [0, 0.05) is 24.4 Å². The second-order valence-electron chi connectivity index (χ2n) is 4.60. The van der Waals surface area contributed by atoms with Gasteiger partial charge >= 0.3 is 0 Å². The van der Waals surface area contributed by atoms with Gasteiger partial charge < -0.3 is 14.4 Å². The van der Waals surface area contributed by atoms with Gasteiger partial charge in [-0.3, -0.25) is 4.79 Å². The van der Waals surface area contributed by atoms with Crippen molar-refractivity contribution in [3.8, 4) is 5.75 Å². The molecule has 0 atom stereocenters. The highest BCUT2D eigenvalue weighted by Crippen LogP contribution is 2.25. The largest absolute Gasteiger partial charge is 0.508 e. The number of hydrogen-bond donors (Lipinski definition) is 1. The highest BCUT2D eigenvalue weighted by atomic mass is 16.3. The zero-order valence-electron chi connectivity index (χ0n) is 11.5. The second-order valence-corrected chi connectivity index (χ2v) is 4.60. The first-order valence-electron chi connectivity index (χ1n) is 6.05. The minimum absolute atomic E-state index is 0.133. The van der Waals surface area contributed by atoms with Crippen LogP contribution in [0, 0.1) is 20.8 Å².